The normalized spacial score (nSPS) is 31.3. The van der Waals surface area contributed by atoms with Crippen LogP contribution in [0.2, 0.25) is 0 Å². The zero-order valence-corrected chi connectivity index (χ0v) is 7.84. The largest absolute Gasteiger partial charge is 0.504 e. The van der Waals surface area contributed by atoms with Crippen molar-refractivity contribution in [2.24, 2.45) is 5.92 Å². The molecule has 1 saturated carbocycles. The molecule has 0 bridgehead atoms. The predicted octanol–water partition coefficient (Wildman–Crippen LogP) is 2.52. The topological polar surface area (TPSA) is 37.3 Å². The van der Waals surface area contributed by atoms with Crippen molar-refractivity contribution in [2.45, 2.75) is 32.6 Å². The van der Waals surface area contributed by atoms with Gasteiger partial charge >= 0.3 is 0 Å². The van der Waals surface area contributed by atoms with Gasteiger partial charge < -0.3 is 5.11 Å². The second-order valence-corrected chi connectivity index (χ2v) is 3.75. The Kier molecular flexibility index (Phi) is 1.98. The average Bonchev–Trinajstić information content (AvgIpc) is 2.41. The maximum absolute atomic E-state index is 11.5. The van der Waals surface area contributed by atoms with Gasteiger partial charge in [0.2, 0.25) is 5.78 Å². The molecule has 70 valence electrons. The highest BCUT2D eigenvalue weighted by atomic mass is 16.3. The minimum atomic E-state index is -0.135. The molecule has 2 nitrogen and oxygen atoms in total. The van der Waals surface area contributed by atoms with Crippen molar-refractivity contribution in [3.8, 4) is 0 Å². The van der Waals surface area contributed by atoms with Gasteiger partial charge in [0.05, 0.1) is 0 Å². The average molecular weight is 178 g/mol. The maximum atomic E-state index is 11.5. The Morgan fingerprint density at radius 1 is 1.46 bits per heavy atom. The number of aliphatic hydroxyl groups is 1. The number of aliphatic hydroxyl groups excluding tert-OH is 1. The summed E-state index contributed by atoms with van der Waals surface area (Å²) in [5, 5.41) is 9.58. The van der Waals surface area contributed by atoms with Crippen molar-refractivity contribution in [3.05, 3.63) is 23.0 Å². The van der Waals surface area contributed by atoms with Gasteiger partial charge in [-0.25, -0.2) is 0 Å². The summed E-state index contributed by atoms with van der Waals surface area (Å²) in [6.07, 6.45) is 6.07. The van der Waals surface area contributed by atoms with Crippen LogP contribution >= 0.6 is 0 Å². The molecule has 0 saturated heterocycles. The molecule has 0 aliphatic heterocycles. The lowest BCUT2D eigenvalue weighted by atomic mass is 9.83. The summed E-state index contributed by atoms with van der Waals surface area (Å²) in [6.45, 7) is 1.87. The molecule has 2 rings (SSSR count). The van der Waals surface area contributed by atoms with Gasteiger partial charge in [-0.3, -0.25) is 4.79 Å². The number of hydrogen-bond donors (Lipinski definition) is 1. The van der Waals surface area contributed by atoms with Gasteiger partial charge in [0.1, 0.15) is 0 Å². The van der Waals surface area contributed by atoms with Gasteiger partial charge in [0, 0.05) is 11.5 Å². The van der Waals surface area contributed by atoms with Crippen molar-refractivity contribution >= 4 is 5.78 Å². The Labute approximate surface area is 78.0 Å². The number of hydrogen-bond acceptors (Lipinski definition) is 2. The van der Waals surface area contributed by atoms with E-state index in [1.165, 1.54) is 6.42 Å². The van der Waals surface area contributed by atoms with E-state index < -0.39 is 0 Å². The number of rotatable bonds is 0. The van der Waals surface area contributed by atoms with E-state index in [4.69, 9.17) is 0 Å². The second kappa shape index (κ2) is 3.02. The molecule has 0 heterocycles. The minimum Gasteiger partial charge on any atom is -0.504 e. The highest BCUT2D eigenvalue weighted by Gasteiger charge is 2.37. The molecule has 1 fully saturated rings. The van der Waals surface area contributed by atoms with E-state index in [1.54, 1.807) is 0 Å². The first-order chi connectivity index (χ1) is 6.25. The van der Waals surface area contributed by atoms with Crippen molar-refractivity contribution < 1.29 is 9.90 Å². The molecule has 0 aromatic rings. The van der Waals surface area contributed by atoms with E-state index in [0.717, 1.165) is 30.4 Å². The third kappa shape index (κ3) is 1.12. The van der Waals surface area contributed by atoms with Crippen LogP contribution in [-0.2, 0) is 4.79 Å². The standard InChI is InChI=1S/C11H14O2/c1-2-7-8-5-3-4-6-9(8)11(13)10(7)12/h2,8,13H,3-6H2,1H3/b7-2+/t8-/m0/s1. The molecule has 2 aliphatic rings. The van der Waals surface area contributed by atoms with Crippen molar-refractivity contribution in [1.29, 1.82) is 0 Å². The number of fused-ring (bicyclic) bond motifs is 1. The molecule has 13 heavy (non-hydrogen) atoms. The van der Waals surface area contributed by atoms with E-state index in [1.807, 2.05) is 13.0 Å². The second-order valence-electron chi connectivity index (χ2n) is 3.75. The van der Waals surface area contributed by atoms with Gasteiger partial charge in [-0.05, 0) is 31.8 Å². The molecule has 2 aliphatic carbocycles. The van der Waals surface area contributed by atoms with E-state index in [-0.39, 0.29) is 17.5 Å². The predicted molar refractivity (Wildman–Crippen MR) is 50.4 cm³/mol. The summed E-state index contributed by atoms with van der Waals surface area (Å²) >= 11 is 0. The molecule has 2 heteroatoms. The van der Waals surface area contributed by atoms with Gasteiger partial charge in [-0.1, -0.05) is 12.5 Å². The van der Waals surface area contributed by atoms with Crippen LogP contribution in [0.4, 0.5) is 0 Å². The van der Waals surface area contributed by atoms with Crippen LogP contribution in [0.25, 0.3) is 0 Å². The summed E-state index contributed by atoms with van der Waals surface area (Å²) < 4.78 is 0. The van der Waals surface area contributed by atoms with Crippen LogP contribution in [0.15, 0.2) is 23.0 Å². The van der Waals surface area contributed by atoms with Crippen LogP contribution < -0.4 is 0 Å². The number of carbonyl (C=O) groups excluding carboxylic acids is 1. The third-order valence-corrected chi connectivity index (χ3v) is 3.08. The summed E-state index contributed by atoms with van der Waals surface area (Å²) in [5.74, 6) is 0.147. The Balaban J connectivity index is 2.41. The SMILES string of the molecule is C/C=C1/C(=O)C(O)=C2CCCC[C@H]21. The molecular weight excluding hydrogens is 164 g/mol. The smallest absolute Gasteiger partial charge is 0.223 e. The monoisotopic (exact) mass is 178 g/mol. The van der Waals surface area contributed by atoms with Gasteiger partial charge in [-0.2, -0.15) is 0 Å². The molecular formula is C11H14O2. The van der Waals surface area contributed by atoms with E-state index in [0.29, 0.717) is 0 Å². The van der Waals surface area contributed by atoms with Gasteiger partial charge in [-0.15, -0.1) is 0 Å². The van der Waals surface area contributed by atoms with Crippen LogP contribution in [0.3, 0.4) is 0 Å². The number of ketones is 1. The highest BCUT2D eigenvalue weighted by molar-refractivity contribution is 6.10. The molecule has 0 aromatic heterocycles. The van der Waals surface area contributed by atoms with E-state index in [9.17, 15) is 9.90 Å². The fourth-order valence-electron chi connectivity index (χ4n) is 2.41. The molecule has 0 amide bonds. The Bertz CT molecular complexity index is 310. The van der Waals surface area contributed by atoms with Crippen LogP contribution in [0.5, 0.6) is 0 Å². The van der Waals surface area contributed by atoms with Crippen LogP contribution in [0.1, 0.15) is 32.6 Å². The Hall–Kier alpha value is -1.05. The lowest BCUT2D eigenvalue weighted by molar-refractivity contribution is -0.114. The number of carbonyl (C=O) groups is 1. The molecule has 0 unspecified atom stereocenters. The van der Waals surface area contributed by atoms with Crippen molar-refractivity contribution in [3.63, 3.8) is 0 Å². The lowest BCUT2D eigenvalue weighted by Crippen LogP contribution is -2.09. The first-order valence-electron chi connectivity index (χ1n) is 4.88. The summed E-state index contributed by atoms with van der Waals surface area (Å²) in [6, 6.07) is 0. The van der Waals surface area contributed by atoms with Crippen molar-refractivity contribution in [2.75, 3.05) is 0 Å². The first kappa shape index (κ1) is 8.54. The maximum Gasteiger partial charge on any atom is 0.223 e. The number of allylic oxidation sites excluding steroid dienone is 3. The highest BCUT2D eigenvalue weighted by Crippen LogP contribution is 2.42. The van der Waals surface area contributed by atoms with E-state index in [2.05, 4.69) is 0 Å². The lowest BCUT2D eigenvalue weighted by Gasteiger charge is -2.20. The third-order valence-electron chi connectivity index (χ3n) is 3.08. The van der Waals surface area contributed by atoms with Gasteiger partial charge in [0.25, 0.3) is 0 Å². The number of Topliss-reactive ketones (excluding diaryl/α,β-unsaturated/α-hetero) is 1. The fraction of sp³-hybridized carbons (Fsp3) is 0.545. The zero-order chi connectivity index (χ0) is 9.42. The Morgan fingerprint density at radius 2 is 2.23 bits per heavy atom. The first-order valence-corrected chi connectivity index (χ1v) is 4.88. The molecule has 0 radical (unpaired) electrons. The molecule has 1 atom stereocenters. The van der Waals surface area contributed by atoms with Crippen LogP contribution in [0, 0.1) is 5.92 Å². The summed E-state index contributed by atoms with van der Waals surface area (Å²) in [4.78, 5) is 11.5. The molecule has 1 N–H and O–H groups in total. The van der Waals surface area contributed by atoms with Gasteiger partial charge in [0.15, 0.2) is 5.76 Å². The summed E-state index contributed by atoms with van der Waals surface area (Å²) in [7, 11) is 0. The fourth-order valence-corrected chi connectivity index (χ4v) is 2.41. The minimum absolute atomic E-state index is 0.0396. The van der Waals surface area contributed by atoms with Crippen molar-refractivity contribution in [1.82, 2.24) is 0 Å². The van der Waals surface area contributed by atoms with E-state index >= 15 is 0 Å². The Morgan fingerprint density at radius 3 is 2.92 bits per heavy atom. The molecule has 0 aromatic carbocycles. The zero-order valence-electron chi connectivity index (χ0n) is 7.84. The summed E-state index contributed by atoms with van der Waals surface area (Å²) in [5.41, 5.74) is 1.80. The quantitative estimate of drug-likeness (QED) is 0.579. The molecule has 0 spiro atoms. The van der Waals surface area contributed by atoms with Crippen LogP contribution in [-0.4, -0.2) is 10.9 Å².